The van der Waals surface area contributed by atoms with Crippen LogP contribution in [-0.4, -0.2) is 43.7 Å². The van der Waals surface area contributed by atoms with Gasteiger partial charge in [0.1, 0.15) is 23.1 Å². The lowest BCUT2D eigenvalue weighted by molar-refractivity contribution is -0.00978. The van der Waals surface area contributed by atoms with Crippen LogP contribution in [-0.2, 0) is 12.8 Å². The van der Waals surface area contributed by atoms with Crippen LogP contribution < -0.4 is 4.90 Å². The number of aromatic nitrogens is 4. The molecule has 1 saturated carbocycles. The highest BCUT2D eigenvalue weighted by atomic mass is 19.1. The van der Waals surface area contributed by atoms with Crippen molar-refractivity contribution in [3.63, 3.8) is 0 Å². The molecule has 0 radical (unpaired) electrons. The first-order valence-electron chi connectivity index (χ1n) is 10.8. The molecule has 160 valence electrons. The van der Waals surface area contributed by atoms with Crippen LogP contribution in [0.5, 0.6) is 0 Å². The maximum Gasteiger partial charge on any atom is 0.132 e. The first-order valence-corrected chi connectivity index (χ1v) is 10.8. The molecular weight excluding hydrogens is 393 g/mol. The molecular formula is C24H26FN5O. The van der Waals surface area contributed by atoms with E-state index in [-0.39, 0.29) is 11.7 Å². The second kappa shape index (κ2) is 7.96. The zero-order valence-electron chi connectivity index (χ0n) is 17.6. The van der Waals surface area contributed by atoms with Crippen molar-refractivity contribution in [3.05, 3.63) is 77.5 Å². The second-order valence-electron chi connectivity index (χ2n) is 8.90. The first kappa shape index (κ1) is 20.0. The number of hydrogen-bond acceptors (Lipinski definition) is 6. The van der Waals surface area contributed by atoms with E-state index in [1.54, 1.807) is 18.6 Å². The Morgan fingerprint density at radius 1 is 1.13 bits per heavy atom. The van der Waals surface area contributed by atoms with Gasteiger partial charge in [0.25, 0.3) is 0 Å². The molecule has 7 heteroatoms. The first-order chi connectivity index (χ1) is 15.0. The van der Waals surface area contributed by atoms with Crippen molar-refractivity contribution >= 4 is 5.82 Å². The van der Waals surface area contributed by atoms with E-state index in [2.05, 4.69) is 21.8 Å². The Labute approximate surface area is 181 Å². The summed E-state index contributed by atoms with van der Waals surface area (Å²) >= 11 is 0. The van der Waals surface area contributed by atoms with Crippen molar-refractivity contribution in [2.75, 3.05) is 18.0 Å². The largest absolute Gasteiger partial charge is 0.386 e. The normalized spacial score (nSPS) is 18.5. The molecule has 3 heterocycles. The standard InChI is InChI=1S/C24H26FN5O/c1-16(17-2-6-19(25)7-3-17)10-22-28-20(11-21-13-26-8-9-27-21)12-23(29-22)30-14-24(31,15-30)18-4-5-18/h2-3,6-9,12-13,16,18,31H,4-5,10-11,14-15H2,1H3/t16-/m1/s1. The van der Waals surface area contributed by atoms with Crippen LogP contribution in [0.25, 0.3) is 0 Å². The van der Waals surface area contributed by atoms with Crippen molar-refractivity contribution in [2.24, 2.45) is 5.92 Å². The summed E-state index contributed by atoms with van der Waals surface area (Å²) in [7, 11) is 0. The minimum absolute atomic E-state index is 0.153. The molecule has 2 aromatic heterocycles. The number of hydrogen-bond donors (Lipinski definition) is 1. The predicted molar refractivity (Wildman–Crippen MR) is 115 cm³/mol. The summed E-state index contributed by atoms with van der Waals surface area (Å²) in [5, 5.41) is 10.7. The molecule has 0 bridgehead atoms. The third-order valence-electron chi connectivity index (χ3n) is 6.31. The van der Waals surface area contributed by atoms with Gasteiger partial charge in [0.05, 0.1) is 24.5 Å². The second-order valence-corrected chi connectivity index (χ2v) is 8.90. The smallest absolute Gasteiger partial charge is 0.132 e. The topological polar surface area (TPSA) is 75.0 Å². The quantitative estimate of drug-likeness (QED) is 0.633. The van der Waals surface area contributed by atoms with Crippen LogP contribution in [0.2, 0.25) is 0 Å². The van der Waals surface area contributed by atoms with E-state index in [0.717, 1.165) is 41.4 Å². The third kappa shape index (κ3) is 4.42. The predicted octanol–water partition coefficient (Wildman–Crippen LogP) is 3.30. The van der Waals surface area contributed by atoms with E-state index in [0.29, 0.717) is 31.8 Å². The van der Waals surface area contributed by atoms with Crippen molar-refractivity contribution < 1.29 is 9.50 Å². The molecule has 2 aliphatic rings. The Morgan fingerprint density at radius 2 is 1.90 bits per heavy atom. The molecule has 2 fully saturated rings. The Balaban J connectivity index is 1.39. The molecule has 1 aromatic carbocycles. The molecule has 1 atom stereocenters. The number of β-amino-alcohol motifs (C(OH)–C–C–N with tert-alkyl or cyclic N) is 1. The number of rotatable bonds is 7. The summed E-state index contributed by atoms with van der Waals surface area (Å²) in [6.45, 7) is 3.33. The highest BCUT2D eigenvalue weighted by Crippen LogP contribution is 2.45. The lowest BCUT2D eigenvalue weighted by Gasteiger charge is -2.47. The highest BCUT2D eigenvalue weighted by molar-refractivity contribution is 5.46. The number of aliphatic hydroxyl groups is 1. The average Bonchev–Trinajstić information content (AvgIpc) is 3.58. The SMILES string of the molecule is C[C@H](Cc1nc(Cc2cnccn2)cc(N2CC(O)(C3CC3)C2)n1)c1ccc(F)cc1. The van der Waals surface area contributed by atoms with E-state index < -0.39 is 5.60 Å². The van der Waals surface area contributed by atoms with Crippen LogP contribution in [0.4, 0.5) is 10.2 Å². The Hall–Kier alpha value is -2.93. The highest BCUT2D eigenvalue weighted by Gasteiger charge is 2.52. The summed E-state index contributed by atoms with van der Waals surface area (Å²) in [6.07, 6.45) is 8.54. The van der Waals surface area contributed by atoms with E-state index in [4.69, 9.17) is 9.97 Å². The average molecular weight is 420 g/mol. The van der Waals surface area contributed by atoms with Crippen LogP contribution >= 0.6 is 0 Å². The van der Waals surface area contributed by atoms with Gasteiger partial charge in [-0.15, -0.1) is 0 Å². The van der Waals surface area contributed by atoms with Gasteiger partial charge in [-0.2, -0.15) is 0 Å². The van der Waals surface area contributed by atoms with Crippen LogP contribution in [0.1, 0.15) is 48.5 Å². The molecule has 1 aliphatic heterocycles. The van der Waals surface area contributed by atoms with Crippen molar-refractivity contribution in [1.29, 1.82) is 0 Å². The van der Waals surface area contributed by atoms with Gasteiger partial charge in [0, 0.05) is 37.5 Å². The number of benzene rings is 1. The van der Waals surface area contributed by atoms with Crippen LogP contribution in [0, 0.1) is 11.7 Å². The fraction of sp³-hybridized carbons (Fsp3) is 0.417. The Kier molecular flexibility index (Phi) is 5.14. The Bertz CT molecular complexity index is 1050. The van der Waals surface area contributed by atoms with Crippen molar-refractivity contribution in [1.82, 2.24) is 19.9 Å². The molecule has 0 unspecified atom stereocenters. The molecule has 3 aromatic rings. The summed E-state index contributed by atoms with van der Waals surface area (Å²) in [5.74, 6) is 1.94. The van der Waals surface area contributed by atoms with Gasteiger partial charge in [-0.25, -0.2) is 14.4 Å². The van der Waals surface area contributed by atoms with E-state index in [1.165, 1.54) is 12.1 Å². The molecule has 1 saturated heterocycles. The lowest BCUT2D eigenvalue weighted by Crippen LogP contribution is -2.63. The van der Waals surface area contributed by atoms with E-state index in [9.17, 15) is 9.50 Å². The molecule has 1 aliphatic carbocycles. The van der Waals surface area contributed by atoms with Gasteiger partial charge in [0.15, 0.2) is 0 Å². The van der Waals surface area contributed by atoms with Crippen LogP contribution in [0.15, 0.2) is 48.9 Å². The van der Waals surface area contributed by atoms with Gasteiger partial charge < -0.3 is 10.0 Å². The number of halogens is 1. The summed E-state index contributed by atoms with van der Waals surface area (Å²) in [5.41, 5.74) is 2.21. The summed E-state index contributed by atoms with van der Waals surface area (Å²) in [6, 6.07) is 8.60. The van der Waals surface area contributed by atoms with E-state index >= 15 is 0 Å². The maximum absolute atomic E-state index is 13.3. The van der Waals surface area contributed by atoms with Gasteiger partial charge >= 0.3 is 0 Å². The van der Waals surface area contributed by atoms with Crippen molar-refractivity contribution in [3.8, 4) is 0 Å². The van der Waals surface area contributed by atoms with Gasteiger partial charge in [-0.1, -0.05) is 19.1 Å². The number of anilines is 1. The molecule has 0 spiro atoms. The molecule has 5 rings (SSSR count). The van der Waals surface area contributed by atoms with Gasteiger partial charge in [0.2, 0.25) is 0 Å². The molecule has 1 N–H and O–H groups in total. The van der Waals surface area contributed by atoms with Crippen LogP contribution in [0.3, 0.4) is 0 Å². The summed E-state index contributed by atoms with van der Waals surface area (Å²) in [4.78, 5) is 20.3. The van der Waals surface area contributed by atoms with Gasteiger partial charge in [-0.05, 0) is 42.4 Å². The molecule has 0 amide bonds. The van der Waals surface area contributed by atoms with E-state index in [1.807, 2.05) is 18.2 Å². The molecule has 6 nitrogen and oxygen atoms in total. The lowest BCUT2D eigenvalue weighted by atomic mass is 9.89. The monoisotopic (exact) mass is 419 g/mol. The summed E-state index contributed by atoms with van der Waals surface area (Å²) < 4.78 is 13.3. The zero-order valence-corrected chi connectivity index (χ0v) is 17.6. The minimum Gasteiger partial charge on any atom is -0.386 e. The maximum atomic E-state index is 13.3. The molecule has 31 heavy (non-hydrogen) atoms. The Morgan fingerprint density at radius 3 is 2.58 bits per heavy atom. The fourth-order valence-corrected chi connectivity index (χ4v) is 4.33. The number of nitrogens with zero attached hydrogens (tertiary/aromatic N) is 5. The third-order valence-corrected chi connectivity index (χ3v) is 6.31. The van der Waals surface area contributed by atoms with Gasteiger partial charge in [-0.3, -0.25) is 9.97 Å². The minimum atomic E-state index is -0.572. The zero-order chi connectivity index (χ0) is 21.4. The van der Waals surface area contributed by atoms with Crippen molar-refractivity contribution in [2.45, 2.75) is 44.1 Å². The fourth-order valence-electron chi connectivity index (χ4n) is 4.33.